The molecular weight excluding hydrogens is 412 g/mol. The zero-order valence-electron chi connectivity index (χ0n) is 18.8. The number of fused-ring (bicyclic) bond motifs is 2. The number of amides is 1. The predicted octanol–water partition coefficient (Wildman–Crippen LogP) is 5.73. The summed E-state index contributed by atoms with van der Waals surface area (Å²) in [6.07, 6.45) is 12.5. The number of pyridine rings is 1. The summed E-state index contributed by atoms with van der Waals surface area (Å²) in [5.74, 6) is 0.989. The maximum Gasteiger partial charge on any atom is 0.253 e. The number of hydrogen-bond donors (Lipinski definition) is 2. The molecular formula is C27H30N4O2. The Morgan fingerprint density at radius 3 is 2.70 bits per heavy atom. The number of ketones is 1. The first-order valence-corrected chi connectivity index (χ1v) is 12.0. The van der Waals surface area contributed by atoms with Gasteiger partial charge in [-0.2, -0.15) is 0 Å². The van der Waals surface area contributed by atoms with E-state index in [0.29, 0.717) is 18.0 Å². The Morgan fingerprint density at radius 2 is 1.85 bits per heavy atom. The second-order valence-electron chi connectivity index (χ2n) is 9.18. The first-order chi connectivity index (χ1) is 16.2. The number of nitrogens with one attached hydrogen (secondary N) is 2. The molecule has 0 radical (unpaired) electrons. The molecule has 0 aliphatic carbocycles. The zero-order chi connectivity index (χ0) is 22.6. The van der Waals surface area contributed by atoms with E-state index < -0.39 is 0 Å². The molecule has 0 atom stereocenters. The minimum Gasteiger partial charge on any atom is -0.361 e. The number of hydrogen-bond acceptors (Lipinski definition) is 3. The van der Waals surface area contributed by atoms with E-state index in [2.05, 4.69) is 15.0 Å². The van der Waals surface area contributed by atoms with E-state index >= 15 is 0 Å². The summed E-state index contributed by atoms with van der Waals surface area (Å²) in [4.78, 5) is 37.8. The Morgan fingerprint density at radius 1 is 0.970 bits per heavy atom. The highest BCUT2D eigenvalue weighted by atomic mass is 16.2. The van der Waals surface area contributed by atoms with Crippen LogP contribution in [-0.2, 0) is 0 Å². The average molecular weight is 443 g/mol. The minimum absolute atomic E-state index is 0.135. The van der Waals surface area contributed by atoms with Gasteiger partial charge in [0.05, 0.1) is 5.69 Å². The van der Waals surface area contributed by atoms with E-state index in [1.54, 1.807) is 12.4 Å². The van der Waals surface area contributed by atoms with Gasteiger partial charge in [0, 0.05) is 60.1 Å². The topological polar surface area (TPSA) is 81.8 Å². The summed E-state index contributed by atoms with van der Waals surface area (Å²) in [6.45, 7) is 1.67. The number of nitrogens with zero attached hydrogens (tertiary/aromatic N) is 2. The normalized spacial score (nSPS) is 14.8. The molecule has 0 saturated carbocycles. The summed E-state index contributed by atoms with van der Waals surface area (Å²) in [5.41, 5.74) is 3.42. The summed E-state index contributed by atoms with van der Waals surface area (Å²) in [5, 5.41) is 2.11. The Kier molecular flexibility index (Phi) is 6.24. The van der Waals surface area contributed by atoms with Gasteiger partial charge in [0.2, 0.25) is 0 Å². The molecule has 3 aromatic heterocycles. The molecule has 33 heavy (non-hydrogen) atoms. The minimum atomic E-state index is 0.135. The molecule has 0 bridgehead atoms. The summed E-state index contributed by atoms with van der Waals surface area (Å²) in [7, 11) is 0. The van der Waals surface area contributed by atoms with Crippen LogP contribution in [0.1, 0.15) is 65.8 Å². The Hall–Kier alpha value is -3.41. The number of unbranched alkanes of at least 4 members (excludes halogenated alkanes) is 2. The fourth-order valence-electron chi connectivity index (χ4n) is 4.94. The highest BCUT2D eigenvalue weighted by Gasteiger charge is 2.23. The molecule has 1 fully saturated rings. The van der Waals surface area contributed by atoms with Crippen molar-refractivity contribution in [1.29, 1.82) is 0 Å². The van der Waals surface area contributed by atoms with Crippen molar-refractivity contribution < 1.29 is 9.59 Å². The molecule has 1 aliphatic heterocycles. The Bertz CT molecular complexity index is 1230. The van der Waals surface area contributed by atoms with Crippen molar-refractivity contribution in [3.05, 3.63) is 66.2 Å². The van der Waals surface area contributed by atoms with Crippen molar-refractivity contribution in [3.63, 3.8) is 0 Å². The third-order valence-electron chi connectivity index (χ3n) is 6.94. The molecule has 1 amide bonds. The zero-order valence-corrected chi connectivity index (χ0v) is 18.8. The Labute approximate surface area is 193 Å². The SMILES string of the molecule is O=C(CCCCCC1CCN(C(=O)c2ccc3cc[nH]c3c2)CC1)c1cc2cnccc2[nH]1. The molecule has 0 unspecified atom stereocenters. The van der Waals surface area contributed by atoms with E-state index in [1.807, 2.05) is 47.5 Å². The van der Waals surface area contributed by atoms with Crippen LogP contribution in [0.25, 0.3) is 21.8 Å². The van der Waals surface area contributed by atoms with Crippen molar-refractivity contribution in [1.82, 2.24) is 19.9 Å². The van der Waals surface area contributed by atoms with Gasteiger partial charge in [-0.05, 0) is 60.9 Å². The van der Waals surface area contributed by atoms with E-state index in [1.165, 1.54) is 6.42 Å². The third-order valence-corrected chi connectivity index (χ3v) is 6.94. The molecule has 2 N–H and O–H groups in total. The van der Waals surface area contributed by atoms with Crippen molar-refractivity contribution in [2.24, 2.45) is 5.92 Å². The van der Waals surface area contributed by atoms with E-state index in [-0.39, 0.29) is 11.7 Å². The number of carbonyl (C=O) groups excluding carboxylic acids is 2. The lowest BCUT2D eigenvalue weighted by atomic mass is 9.90. The van der Waals surface area contributed by atoms with Crippen molar-refractivity contribution in [3.8, 4) is 0 Å². The van der Waals surface area contributed by atoms with Crippen LogP contribution in [-0.4, -0.2) is 44.6 Å². The third kappa shape index (κ3) is 4.85. The maximum absolute atomic E-state index is 12.9. The molecule has 1 aromatic carbocycles. The van der Waals surface area contributed by atoms with Gasteiger partial charge >= 0.3 is 0 Å². The summed E-state index contributed by atoms with van der Waals surface area (Å²) >= 11 is 0. The van der Waals surface area contributed by atoms with Crippen molar-refractivity contribution in [2.45, 2.75) is 44.9 Å². The average Bonchev–Trinajstić information content (AvgIpc) is 3.50. The van der Waals surface area contributed by atoms with Gasteiger partial charge in [0.15, 0.2) is 5.78 Å². The van der Waals surface area contributed by atoms with Gasteiger partial charge in [0.1, 0.15) is 0 Å². The van der Waals surface area contributed by atoms with Gasteiger partial charge in [0.25, 0.3) is 5.91 Å². The number of H-pyrrole nitrogens is 2. The number of aromatic nitrogens is 3. The molecule has 170 valence electrons. The smallest absolute Gasteiger partial charge is 0.253 e. The van der Waals surface area contributed by atoms with Gasteiger partial charge in [-0.3, -0.25) is 14.6 Å². The number of aromatic amines is 2. The van der Waals surface area contributed by atoms with Gasteiger partial charge < -0.3 is 14.9 Å². The monoisotopic (exact) mass is 442 g/mol. The number of likely N-dealkylation sites (tertiary alicyclic amines) is 1. The Balaban J connectivity index is 1.01. The lowest BCUT2D eigenvalue weighted by Gasteiger charge is -2.32. The lowest BCUT2D eigenvalue weighted by molar-refractivity contribution is 0.0686. The van der Waals surface area contributed by atoms with Crippen LogP contribution >= 0.6 is 0 Å². The van der Waals surface area contributed by atoms with Crippen LogP contribution in [0.5, 0.6) is 0 Å². The van der Waals surface area contributed by atoms with Gasteiger partial charge in [-0.25, -0.2) is 0 Å². The number of carbonyl (C=O) groups is 2. The number of piperidine rings is 1. The van der Waals surface area contributed by atoms with E-state index in [4.69, 9.17) is 0 Å². The number of Topliss-reactive ketones (excluding diaryl/α,β-unsaturated/α-hetero) is 1. The van der Waals surface area contributed by atoms with Crippen LogP contribution in [0.3, 0.4) is 0 Å². The van der Waals surface area contributed by atoms with Crippen LogP contribution in [0, 0.1) is 5.92 Å². The number of benzene rings is 1. The molecule has 0 spiro atoms. The summed E-state index contributed by atoms with van der Waals surface area (Å²) in [6, 6.07) is 11.7. The number of rotatable bonds is 8. The molecule has 5 rings (SSSR count). The highest BCUT2D eigenvalue weighted by molar-refractivity contribution is 5.99. The molecule has 6 heteroatoms. The maximum atomic E-state index is 12.9. The van der Waals surface area contributed by atoms with Crippen molar-refractivity contribution in [2.75, 3.05) is 13.1 Å². The molecule has 4 aromatic rings. The van der Waals surface area contributed by atoms with Crippen molar-refractivity contribution >= 4 is 33.5 Å². The summed E-state index contributed by atoms with van der Waals surface area (Å²) < 4.78 is 0. The fourth-order valence-corrected chi connectivity index (χ4v) is 4.94. The standard InChI is InChI=1S/C27H30N4O2/c32-26(25-17-22-18-28-12-9-23(22)30-25)5-3-1-2-4-19-10-14-31(15-11-19)27(33)21-7-6-20-8-13-29-24(20)16-21/h6-9,12-13,16-19,29-30H,1-5,10-11,14-15H2. The molecule has 1 aliphatic rings. The van der Waals surface area contributed by atoms with Gasteiger partial charge in [-0.1, -0.05) is 25.3 Å². The first-order valence-electron chi connectivity index (χ1n) is 12.0. The second-order valence-corrected chi connectivity index (χ2v) is 9.18. The highest BCUT2D eigenvalue weighted by Crippen LogP contribution is 2.25. The predicted molar refractivity (Wildman–Crippen MR) is 130 cm³/mol. The van der Waals surface area contributed by atoms with Crippen LogP contribution in [0.4, 0.5) is 0 Å². The van der Waals surface area contributed by atoms with Crippen LogP contribution in [0.15, 0.2) is 55.0 Å². The molecule has 4 heterocycles. The second kappa shape index (κ2) is 9.61. The van der Waals surface area contributed by atoms with E-state index in [9.17, 15) is 9.59 Å². The van der Waals surface area contributed by atoms with Crippen LogP contribution in [0.2, 0.25) is 0 Å². The quantitative estimate of drug-likeness (QED) is 0.270. The van der Waals surface area contributed by atoms with E-state index in [0.717, 1.165) is 72.6 Å². The van der Waals surface area contributed by atoms with Crippen LogP contribution < -0.4 is 0 Å². The van der Waals surface area contributed by atoms with Gasteiger partial charge in [-0.15, -0.1) is 0 Å². The molecule has 6 nitrogen and oxygen atoms in total. The molecule has 1 saturated heterocycles. The fraction of sp³-hybridized carbons (Fsp3) is 0.370. The largest absolute Gasteiger partial charge is 0.361 e. The first kappa shape index (κ1) is 21.4. The lowest BCUT2D eigenvalue weighted by Crippen LogP contribution is -2.38.